The lowest BCUT2D eigenvalue weighted by Crippen LogP contribution is -2.54. The third-order valence-corrected chi connectivity index (χ3v) is 5.90. The van der Waals surface area contributed by atoms with Gasteiger partial charge in [-0.1, -0.05) is 0 Å². The molecule has 1 aromatic carbocycles. The van der Waals surface area contributed by atoms with Crippen LogP contribution in [0.25, 0.3) is 0 Å². The van der Waals surface area contributed by atoms with Crippen LogP contribution in [0.15, 0.2) is 35.6 Å². The molecule has 1 saturated heterocycles. The number of ketones is 1. The van der Waals surface area contributed by atoms with Crippen LogP contribution in [0.5, 0.6) is 11.5 Å². The molecular formula is C20H23NO4. The van der Waals surface area contributed by atoms with Crippen molar-refractivity contribution in [2.24, 2.45) is 0 Å². The molecular weight excluding hydrogens is 318 g/mol. The molecule has 25 heavy (non-hydrogen) atoms. The molecule has 1 unspecified atom stereocenters. The fourth-order valence-corrected chi connectivity index (χ4v) is 4.58. The molecule has 2 bridgehead atoms. The number of ether oxygens (including phenoxy) is 3. The number of benzene rings is 1. The number of hydrogen-bond acceptors (Lipinski definition) is 5. The highest BCUT2D eigenvalue weighted by Gasteiger charge is 2.50. The van der Waals surface area contributed by atoms with Gasteiger partial charge in [0.15, 0.2) is 17.3 Å². The zero-order chi connectivity index (χ0) is 17.8. The second-order valence-electron chi connectivity index (χ2n) is 6.96. The van der Waals surface area contributed by atoms with Crippen LogP contribution in [0.3, 0.4) is 0 Å². The average Bonchev–Trinajstić information content (AvgIpc) is 2.63. The van der Waals surface area contributed by atoms with Crippen molar-refractivity contribution in [2.45, 2.75) is 24.3 Å². The van der Waals surface area contributed by atoms with Crippen LogP contribution in [-0.4, -0.2) is 51.6 Å². The summed E-state index contributed by atoms with van der Waals surface area (Å²) in [5.74, 6) is 1.84. The summed E-state index contributed by atoms with van der Waals surface area (Å²) >= 11 is 0. The first-order valence-corrected chi connectivity index (χ1v) is 8.53. The molecule has 0 saturated carbocycles. The minimum atomic E-state index is -0.302. The predicted molar refractivity (Wildman–Crippen MR) is 94.1 cm³/mol. The number of allylic oxidation sites excluding steroid dienone is 2. The van der Waals surface area contributed by atoms with Gasteiger partial charge in [0.05, 0.1) is 21.3 Å². The smallest absolute Gasteiger partial charge is 0.220 e. The highest BCUT2D eigenvalue weighted by atomic mass is 16.5. The average molecular weight is 341 g/mol. The molecule has 5 nitrogen and oxygen atoms in total. The van der Waals surface area contributed by atoms with Crippen molar-refractivity contribution in [1.82, 2.24) is 4.90 Å². The van der Waals surface area contributed by atoms with Crippen molar-refractivity contribution in [3.05, 3.63) is 46.7 Å². The van der Waals surface area contributed by atoms with Gasteiger partial charge in [-0.05, 0) is 67.4 Å². The van der Waals surface area contributed by atoms with Gasteiger partial charge < -0.3 is 14.2 Å². The highest BCUT2D eigenvalue weighted by molar-refractivity contribution is 6.05. The Morgan fingerprint density at radius 1 is 1.12 bits per heavy atom. The van der Waals surface area contributed by atoms with E-state index in [1.54, 1.807) is 27.4 Å². The number of piperidine rings is 1. The van der Waals surface area contributed by atoms with Gasteiger partial charge in [-0.2, -0.15) is 0 Å². The van der Waals surface area contributed by atoms with E-state index >= 15 is 0 Å². The fourth-order valence-electron chi connectivity index (χ4n) is 4.58. The van der Waals surface area contributed by atoms with Gasteiger partial charge in [0.25, 0.3) is 0 Å². The van der Waals surface area contributed by atoms with E-state index in [2.05, 4.69) is 24.1 Å². The Kier molecular flexibility index (Phi) is 3.65. The molecule has 0 N–H and O–H groups in total. The Hall–Kier alpha value is -2.27. The molecule has 3 aliphatic rings. The first kappa shape index (κ1) is 16.2. The lowest BCUT2D eigenvalue weighted by molar-refractivity contribution is -0.114. The van der Waals surface area contributed by atoms with Gasteiger partial charge in [0.1, 0.15) is 0 Å². The summed E-state index contributed by atoms with van der Waals surface area (Å²) in [6, 6.07) is 4.37. The molecule has 2 atom stereocenters. The van der Waals surface area contributed by atoms with Crippen molar-refractivity contribution in [3.8, 4) is 11.5 Å². The maximum atomic E-state index is 12.4. The molecule has 5 heteroatoms. The quantitative estimate of drug-likeness (QED) is 0.844. The third-order valence-electron chi connectivity index (χ3n) is 5.90. The number of rotatable bonds is 3. The predicted octanol–water partition coefficient (Wildman–Crippen LogP) is 2.24. The minimum absolute atomic E-state index is 0.0441. The molecule has 0 aromatic heterocycles. The van der Waals surface area contributed by atoms with E-state index < -0.39 is 0 Å². The maximum Gasteiger partial charge on any atom is 0.220 e. The zero-order valence-corrected chi connectivity index (χ0v) is 15.1. The van der Waals surface area contributed by atoms with Crippen molar-refractivity contribution < 1.29 is 19.0 Å². The Morgan fingerprint density at radius 3 is 2.52 bits per heavy atom. The van der Waals surface area contributed by atoms with Crippen LogP contribution in [-0.2, 0) is 21.4 Å². The summed E-state index contributed by atoms with van der Waals surface area (Å²) < 4.78 is 16.4. The van der Waals surface area contributed by atoms with Crippen LogP contribution in [0.1, 0.15) is 17.5 Å². The molecule has 1 fully saturated rings. The second-order valence-corrected chi connectivity index (χ2v) is 6.96. The van der Waals surface area contributed by atoms with E-state index in [0.717, 1.165) is 30.9 Å². The molecule has 132 valence electrons. The minimum Gasteiger partial charge on any atom is -0.493 e. The van der Waals surface area contributed by atoms with Crippen molar-refractivity contribution >= 4 is 5.78 Å². The standard InChI is InChI=1S/C20H23NO4/c1-21-6-5-20-11-19(25-4)16(22)9-14(20)15(21)7-12-8-17(23-2)18(24-3)10-13(12)20/h8-11,15H,5-7H2,1-4H3/t15?,20-/m1/s1. The molecule has 4 rings (SSSR count). The largest absolute Gasteiger partial charge is 0.493 e. The Labute approximate surface area is 147 Å². The normalized spacial score (nSPS) is 27.7. The first-order chi connectivity index (χ1) is 12.0. The zero-order valence-electron chi connectivity index (χ0n) is 15.1. The number of fused-ring (bicyclic) bond motifs is 1. The first-order valence-electron chi connectivity index (χ1n) is 8.53. The van der Waals surface area contributed by atoms with Gasteiger partial charge in [-0.25, -0.2) is 0 Å². The van der Waals surface area contributed by atoms with Gasteiger partial charge >= 0.3 is 0 Å². The topological polar surface area (TPSA) is 48.0 Å². The van der Waals surface area contributed by atoms with Crippen LogP contribution in [0.2, 0.25) is 0 Å². The fraction of sp³-hybridized carbons (Fsp3) is 0.450. The Bertz CT molecular complexity index is 810. The second kappa shape index (κ2) is 5.63. The summed E-state index contributed by atoms with van der Waals surface area (Å²) in [5, 5.41) is 0. The van der Waals surface area contributed by atoms with E-state index in [0.29, 0.717) is 5.76 Å². The summed E-state index contributed by atoms with van der Waals surface area (Å²) in [6.07, 6.45) is 5.59. The van der Waals surface area contributed by atoms with Gasteiger partial charge in [-0.3, -0.25) is 9.69 Å². The number of carbonyl (C=O) groups is 1. The van der Waals surface area contributed by atoms with Crippen LogP contribution < -0.4 is 9.47 Å². The molecule has 1 aliphatic heterocycles. The van der Waals surface area contributed by atoms with E-state index in [4.69, 9.17) is 14.2 Å². The van der Waals surface area contributed by atoms with E-state index in [1.807, 2.05) is 6.08 Å². The van der Waals surface area contributed by atoms with Gasteiger partial charge in [-0.15, -0.1) is 0 Å². The van der Waals surface area contributed by atoms with Gasteiger partial charge in [0.2, 0.25) is 5.78 Å². The molecule has 1 aromatic rings. The Balaban J connectivity index is 1.99. The third kappa shape index (κ3) is 2.15. The summed E-state index contributed by atoms with van der Waals surface area (Å²) in [7, 11) is 7.00. The number of likely N-dealkylation sites (tertiary alicyclic amines) is 1. The SMILES string of the molecule is COC1=C[C@]23CCN(C)C(Cc4cc(OC)c(OC)cc42)C3=CC1=O. The number of nitrogens with zero attached hydrogens (tertiary/aromatic N) is 1. The van der Waals surface area contributed by atoms with E-state index in [9.17, 15) is 4.79 Å². The monoisotopic (exact) mass is 341 g/mol. The molecule has 2 aliphatic carbocycles. The number of methoxy groups -OCH3 is 3. The number of carbonyl (C=O) groups excluding carboxylic acids is 1. The van der Waals surface area contributed by atoms with Crippen molar-refractivity contribution in [1.29, 1.82) is 0 Å². The number of hydrogen-bond donors (Lipinski definition) is 0. The van der Waals surface area contributed by atoms with E-state index in [-0.39, 0.29) is 17.2 Å². The van der Waals surface area contributed by atoms with Crippen LogP contribution in [0, 0.1) is 0 Å². The van der Waals surface area contributed by atoms with E-state index in [1.165, 1.54) is 16.7 Å². The van der Waals surface area contributed by atoms with Gasteiger partial charge in [0, 0.05) is 11.5 Å². The maximum absolute atomic E-state index is 12.4. The summed E-state index contributed by atoms with van der Waals surface area (Å²) in [5.41, 5.74) is 3.31. The number of likely N-dealkylation sites (N-methyl/N-ethyl adjacent to an activating group) is 1. The van der Waals surface area contributed by atoms with Crippen molar-refractivity contribution in [3.63, 3.8) is 0 Å². The highest BCUT2D eigenvalue weighted by Crippen LogP contribution is 2.53. The Morgan fingerprint density at radius 2 is 1.84 bits per heavy atom. The summed E-state index contributed by atoms with van der Waals surface area (Å²) in [6.45, 7) is 0.970. The summed E-state index contributed by atoms with van der Waals surface area (Å²) in [4.78, 5) is 14.8. The molecule has 0 amide bonds. The lowest BCUT2D eigenvalue weighted by atomic mass is 9.59. The molecule has 0 radical (unpaired) electrons. The van der Waals surface area contributed by atoms with Crippen molar-refractivity contribution in [2.75, 3.05) is 34.9 Å². The molecule has 0 spiro atoms. The van der Waals surface area contributed by atoms with Crippen LogP contribution >= 0.6 is 0 Å². The lowest BCUT2D eigenvalue weighted by Gasteiger charge is -2.52. The molecule has 1 heterocycles. The van der Waals surface area contributed by atoms with Crippen LogP contribution in [0.4, 0.5) is 0 Å².